The third-order valence-electron chi connectivity index (χ3n) is 6.53. The molecule has 3 heterocycles. The molecule has 0 unspecified atom stereocenters. The standard InChI is InChI=1S/C28H21ClN2O7S/c1-35-18-7-3-14(11-20(18)36-2)24-23(25(32)15-4-8-19-21(12-15)38-10-9-37-19)26(33)27(34)31(24)28-30-17-6-5-16(29)13-22(17)39-28/h3-8,11-13,24,32H,9-10H2,1-2H3/b25-23+/t24-/m1/s1. The summed E-state index contributed by atoms with van der Waals surface area (Å²) in [6.07, 6.45) is 0. The van der Waals surface area contributed by atoms with Gasteiger partial charge in [0.2, 0.25) is 0 Å². The zero-order chi connectivity index (χ0) is 27.3. The number of hydrogen-bond donors (Lipinski definition) is 1. The van der Waals surface area contributed by atoms with Gasteiger partial charge in [-0.2, -0.15) is 0 Å². The average molecular weight is 565 g/mol. The topological polar surface area (TPSA) is 107 Å². The highest BCUT2D eigenvalue weighted by molar-refractivity contribution is 7.22. The number of ketones is 1. The molecule has 2 aliphatic rings. The lowest BCUT2D eigenvalue weighted by Crippen LogP contribution is -2.29. The molecule has 2 aliphatic heterocycles. The van der Waals surface area contributed by atoms with Crippen LogP contribution in [0.15, 0.2) is 60.2 Å². The first-order valence-electron chi connectivity index (χ1n) is 11.9. The van der Waals surface area contributed by atoms with Crippen LogP contribution in [0.2, 0.25) is 5.02 Å². The number of carbonyl (C=O) groups is 2. The van der Waals surface area contributed by atoms with Gasteiger partial charge in [-0.05, 0) is 54.1 Å². The molecule has 0 bridgehead atoms. The van der Waals surface area contributed by atoms with Gasteiger partial charge in [0.25, 0.3) is 5.78 Å². The van der Waals surface area contributed by atoms with Crippen molar-refractivity contribution in [1.82, 2.24) is 4.98 Å². The summed E-state index contributed by atoms with van der Waals surface area (Å²) in [7, 11) is 3.00. The fourth-order valence-electron chi connectivity index (χ4n) is 4.70. The fraction of sp³-hybridized carbons (Fsp3) is 0.179. The normalized spacial score (nSPS) is 18.0. The highest BCUT2D eigenvalue weighted by Gasteiger charge is 2.48. The van der Waals surface area contributed by atoms with E-state index in [4.69, 9.17) is 30.5 Å². The molecule has 1 saturated heterocycles. The Kier molecular flexibility index (Phi) is 6.28. The number of carbonyl (C=O) groups excluding carboxylic acids is 2. The van der Waals surface area contributed by atoms with Crippen molar-refractivity contribution in [2.75, 3.05) is 32.3 Å². The maximum atomic E-state index is 13.6. The number of hydrogen-bond acceptors (Lipinski definition) is 9. The molecule has 0 aliphatic carbocycles. The SMILES string of the molecule is COc1ccc([C@@H]2/C(=C(\O)c3ccc4c(c3)OCCO4)C(=O)C(=O)N2c2nc3ccc(Cl)cc3s2)cc1OC. The number of rotatable bonds is 5. The fourth-order valence-corrected chi connectivity index (χ4v) is 5.97. The van der Waals surface area contributed by atoms with Crippen LogP contribution in [0.4, 0.5) is 5.13 Å². The predicted molar refractivity (Wildman–Crippen MR) is 146 cm³/mol. The van der Waals surface area contributed by atoms with E-state index in [0.717, 1.165) is 4.70 Å². The van der Waals surface area contributed by atoms with Gasteiger partial charge in [-0.15, -0.1) is 0 Å². The van der Waals surface area contributed by atoms with Crippen molar-refractivity contribution in [3.63, 3.8) is 0 Å². The minimum absolute atomic E-state index is 0.0961. The first-order valence-corrected chi connectivity index (χ1v) is 13.1. The van der Waals surface area contributed by atoms with Gasteiger partial charge in [-0.25, -0.2) is 4.98 Å². The number of aliphatic hydroxyl groups is 1. The largest absolute Gasteiger partial charge is 0.507 e. The molecule has 1 N–H and O–H groups in total. The van der Waals surface area contributed by atoms with E-state index in [2.05, 4.69) is 4.98 Å². The van der Waals surface area contributed by atoms with Gasteiger partial charge in [-0.1, -0.05) is 29.0 Å². The number of amides is 1. The number of aromatic nitrogens is 1. The summed E-state index contributed by atoms with van der Waals surface area (Å²) in [6, 6.07) is 14.1. The minimum Gasteiger partial charge on any atom is -0.507 e. The van der Waals surface area contributed by atoms with Crippen molar-refractivity contribution in [3.8, 4) is 23.0 Å². The molecule has 3 aromatic carbocycles. The van der Waals surface area contributed by atoms with Crippen LogP contribution in [0.25, 0.3) is 16.0 Å². The molecule has 1 amide bonds. The molecule has 4 aromatic rings. The van der Waals surface area contributed by atoms with Gasteiger partial charge in [0.05, 0.1) is 36.1 Å². The number of methoxy groups -OCH3 is 2. The van der Waals surface area contributed by atoms with Crippen LogP contribution in [-0.4, -0.2) is 49.2 Å². The lowest BCUT2D eigenvalue weighted by Gasteiger charge is -2.24. The Bertz CT molecular complexity index is 1680. The second kappa shape index (κ2) is 9.79. The van der Waals surface area contributed by atoms with Crippen LogP contribution >= 0.6 is 22.9 Å². The van der Waals surface area contributed by atoms with Crippen LogP contribution in [0.3, 0.4) is 0 Å². The third-order valence-corrected chi connectivity index (χ3v) is 7.78. The highest BCUT2D eigenvalue weighted by atomic mass is 35.5. The molecule has 1 fully saturated rings. The van der Waals surface area contributed by atoms with Crippen molar-refractivity contribution in [3.05, 3.63) is 76.3 Å². The molecule has 9 nitrogen and oxygen atoms in total. The Morgan fingerprint density at radius 2 is 1.77 bits per heavy atom. The number of aliphatic hydroxyl groups excluding tert-OH is 1. The van der Waals surface area contributed by atoms with E-state index in [9.17, 15) is 14.7 Å². The summed E-state index contributed by atoms with van der Waals surface area (Å²) in [5.74, 6) is -0.181. The zero-order valence-electron chi connectivity index (χ0n) is 20.8. The van der Waals surface area contributed by atoms with Crippen molar-refractivity contribution >= 4 is 55.7 Å². The molecule has 6 rings (SSSR count). The molecule has 1 aromatic heterocycles. The zero-order valence-corrected chi connectivity index (χ0v) is 22.3. The molecular formula is C28H21ClN2O7S. The molecular weight excluding hydrogens is 544 g/mol. The van der Waals surface area contributed by atoms with Crippen molar-refractivity contribution < 1.29 is 33.6 Å². The number of Topliss-reactive ketones (excluding diaryl/α,β-unsaturated/α-hetero) is 1. The Hall–Kier alpha value is -4.28. The third kappa shape index (κ3) is 4.21. The smallest absolute Gasteiger partial charge is 0.301 e. The first-order chi connectivity index (χ1) is 18.9. The monoisotopic (exact) mass is 564 g/mol. The Morgan fingerprint density at radius 1 is 1.00 bits per heavy atom. The molecule has 0 spiro atoms. The van der Waals surface area contributed by atoms with Gasteiger partial charge in [0.1, 0.15) is 19.0 Å². The predicted octanol–water partition coefficient (Wildman–Crippen LogP) is 5.36. The van der Waals surface area contributed by atoms with Crippen LogP contribution in [-0.2, 0) is 9.59 Å². The van der Waals surface area contributed by atoms with E-state index >= 15 is 0 Å². The number of benzene rings is 3. The van der Waals surface area contributed by atoms with Gasteiger partial charge in [0, 0.05) is 10.6 Å². The van der Waals surface area contributed by atoms with Gasteiger partial charge < -0.3 is 24.1 Å². The van der Waals surface area contributed by atoms with Crippen LogP contribution in [0.5, 0.6) is 23.0 Å². The van der Waals surface area contributed by atoms with Crippen LogP contribution in [0.1, 0.15) is 17.2 Å². The number of halogens is 1. The van der Waals surface area contributed by atoms with Gasteiger partial charge >= 0.3 is 5.91 Å². The average Bonchev–Trinajstić information content (AvgIpc) is 3.49. The molecule has 39 heavy (non-hydrogen) atoms. The number of ether oxygens (including phenoxy) is 4. The quantitative estimate of drug-likeness (QED) is 0.196. The highest BCUT2D eigenvalue weighted by Crippen LogP contribution is 2.46. The summed E-state index contributed by atoms with van der Waals surface area (Å²) in [5.41, 5.74) is 1.35. The first kappa shape index (κ1) is 25.0. The lowest BCUT2D eigenvalue weighted by molar-refractivity contribution is -0.132. The number of anilines is 1. The van der Waals surface area contributed by atoms with E-state index in [1.54, 1.807) is 54.6 Å². The van der Waals surface area contributed by atoms with E-state index in [-0.39, 0.29) is 16.5 Å². The van der Waals surface area contributed by atoms with E-state index in [0.29, 0.717) is 57.9 Å². The second-order valence-corrected chi connectivity index (χ2v) is 10.2. The van der Waals surface area contributed by atoms with Gasteiger partial charge in [0.15, 0.2) is 28.1 Å². The lowest BCUT2D eigenvalue weighted by atomic mass is 9.95. The summed E-state index contributed by atoms with van der Waals surface area (Å²) in [5, 5.41) is 12.3. The van der Waals surface area contributed by atoms with E-state index in [1.165, 1.54) is 30.5 Å². The van der Waals surface area contributed by atoms with Crippen molar-refractivity contribution in [1.29, 1.82) is 0 Å². The summed E-state index contributed by atoms with van der Waals surface area (Å²) < 4.78 is 22.8. The van der Waals surface area contributed by atoms with E-state index in [1.807, 2.05) is 0 Å². The van der Waals surface area contributed by atoms with Crippen molar-refractivity contribution in [2.45, 2.75) is 6.04 Å². The maximum Gasteiger partial charge on any atom is 0.301 e. The molecule has 0 saturated carbocycles. The molecule has 0 radical (unpaired) electrons. The number of thiazole rings is 1. The molecule has 1 atom stereocenters. The summed E-state index contributed by atoms with van der Waals surface area (Å²) >= 11 is 7.39. The second-order valence-electron chi connectivity index (χ2n) is 8.75. The van der Waals surface area contributed by atoms with Gasteiger partial charge in [-0.3, -0.25) is 14.5 Å². The summed E-state index contributed by atoms with van der Waals surface area (Å²) in [6.45, 7) is 0.769. The van der Waals surface area contributed by atoms with Crippen LogP contribution in [0, 0.1) is 0 Å². The molecule has 198 valence electrons. The Balaban J connectivity index is 1.56. The summed E-state index contributed by atoms with van der Waals surface area (Å²) in [4.78, 5) is 33.0. The molecule has 11 heteroatoms. The Labute approximate surface area is 231 Å². The van der Waals surface area contributed by atoms with Crippen molar-refractivity contribution in [2.24, 2.45) is 0 Å². The number of nitrogens with zero attached hydrogens (tertiary/aromatic N) is 2. The van der Waals surface area contributed by atoms with E-state index < -0.39 is 17.7 Å². The maximum absolute atomic E-state index is 13.6. The Morgan fingerprint density at radius 3 is 2.54 bits per heavy atom. The minimum atomic E-state index is -1.01. The number of fused-ring (bicyclic) bond motifs is 2. The van der Waals surface area contributed by atoms with Crippen LogP contribution < -0.4 is 23.8 Å².